The summed E-state index contributed by atoms with van der Waals surface area (Å²) in [6.45, 7) is 3.52. The molecular formula is C17H22BrN3O2. The van der Waals surface area contributed by atoms with Gasteiger partial charge in [-0.25, -0.2) is 0 Å². The molecule has 1 saturated heterocycles. The van der Waals surface area contributed by atoms with Gasteiger partial charge < -0.3 is 14.6 Å². The van der Waals surface area contributed by atoms with Gasteiger partial charge in [0.05, 0.1) is 5.41 Å². The Morgan fingerprint density at radius 2 is 1.96 bits per heavy atom. The van der Waals surface area contributed by atoms with Crippen molar-refractivity contribution in [2.24, 2.45) is 0 Å². The fourth-order valence-electron chi connectivity index (χ4n) is 3.02. The molecule has 2 heterocycles. The van der Waals surface area contributed by atoms with Gasteiger partial charge in [0, 0.05) is 30.1 Å². The van der Waals surface area contributed by atoms with Crippen molar-refractivity contribution in [1.82, 2.24) is 15.5 Å². The molecule has 1 aliphatic heterocycles. The second kappa shape index (κ2) is 7.11. The zero-order valence-electron chi connectivity index (χ0n) is 13.5. The number of nitrogens with zero attached hydrogens (tertiary/aromatic N) is 2. The van der Waals surface area contributed by atoms with E-state index in [1.54, 1.807) is 0 Å². The van der Waals surface area contributed by atoms with Crippen LogP contribution < -0.4 is 5.32 Å². The van der Waals surface area contributed by atoms with E-state index in [1.807, 2.05) is 7.05 Å². The summed E-state index contributed by atoms with van der Waals surface area (Å²) in [6, 6.07) is 8.71. The summed E-state index contributed by atoms with van der Waals surface area (Å²) >= 11 is 3.50. The van der Waals surface area contributed by atoms with Gasteiger partial charge in [-0.3, -0.25) is 0 Å². The molecule has 0 amide bonds. The normalized spacial score (nSPS) is 18.7. The third-order valence-electron chi connectivity index (χ3n) is 4.60. The predicted molar refractivity (Wildman–Crippen MR) is 91.5 cm³/mol. The molecular weight excluding hydrogens is 358 g/mol. The lowest BCUT2D eigenvalue weighted by Gasteiger charge is -2.34. The van der Waals surface area contributed by atoms with Crippen LogP contribution in [0.5, 0.6) is 0 Å². The lowest BCUT2D eigenvalue weighted by molar-refractivity contribution is 0.0523. The van der Waals surface area contributed by atoms with E-state index in [1.165, 1.54) is 5.56 Å². The first-order chi connectivity index (χ1) is 11.1. The third-order valence-corrected chi connectivity index (χ3v) is 5.13. The number of aromatic nitrogens is 2. The minimum Gasteiger partial charge on any atom is -0.381 e. The topological polar surface area (TPSA) is 60.2 Å². The molecule has 1 aromatic carbocycles. The first-order valence-electron chi connectivity index (χ1n) is 7.98. The van der Waals surface area contributed by atoms with Crippen molar-refractivity contribution in [1.29, 1.82) is 0 Å². The maximum absolute atomic E-state index is 5.68. The van der Waals surface area contributed by atoms with Crippen LogP contribution >= 0.6 is 15.9 Å². The summed E-state index contributed by atoms with van der Waals surface area (Å²) in [6.07, 6.45) is 2.47. The first kappa shape index (κ1) is 16.6. The van der Waals surface area contributed by atoms with Gasteiger partial charge in [-0.1, -0.05) is 33.2 Å². The van der Waals surface area contributed by atoms with Gasteiger partial charge in [-0.2, -0.15) is 4.98 Å². The molecule has 124 valence electrons. The molecule has 0 aliphatic carbocycles. The molecule has 1 aliphatic rings. The number of hydrogen-bond acceptors (Lipinski definition) is 5. The van der Waals surface area contributed by atoms with Gasteiger partial charge in [-0.15, -0.1) is 0 Å². The number of ether oxygens (including phenoxy) is 1. The van der Waals surface area contributed by atoms with Crippen LogP contribution in [0.25, 0.3) is 0 Å². The maximum atomic E-state index is 5.68. The molecule has 0 radical (unpaired) electrons. The summed E-state index contributed by atoms with van der Waals surface area (Å²) < 4.78 is 12.3. The first-order valence-corrected chi connectivity index (χ1v) is 8.77. The van der Waals surface area contributed by atoms with Crippen molar-refractivity contribution >= 4 is 15.9 Å². The monoisotopic (exact) mass is 379 g/mol. The van der Waals surface area contributed by atoms with Gasteiger partial charge in [0.15, 0.2) is 5.82 Å². The molecule has 1 aromatic heterocycles. The van der Waals surface area contributed by atoms with Crippen molar-refractivity contribution in [2.75, 3.05) is 20.3 Å². The van der Waals surface area contributed by atoms with E-state index >= 15 is 0 Å². The Kier molecular flexibility index (Phi) is 5.14. The molecule has 1 fully saturated rings. The largest absolute Gasteiger partial charge is 0.381 e. The van der Waals surface area contributed by atoms with Crippen LogP contribution in [0.15, 0.2) is 33.3 Å². The maximum Gasteiger partial charge on any atom is 0.237 e. The number of hydrogen-bond donors (Lipinski definition) is 1. The summed E-state index contributed by atoms with van der Waals surface area (Å²) in [5.41, 5.74) is 0.966. The van der Waals surface area contributed by atoms with Crippen LogP contribution in [0.1, 0.15) is 37.0 Å². The molecule has 6 heteroatoms. The summed E-state index contributed by atoms with van der Waals surface area (Å²) in [5.74, 6) is 1.46. The van der Waals surface area contributed by atoms with E-state index in [0.29, 0.717) is 25.1 Å². The van der Waals surface area contributed by atoms with Gasteiger partial charge in [0.1, 0.15) is 0 Å². The molecule has 5 nitrogen and oxygen atoms in total. The molecule has 1 atom stereocenters. The molecule has 1 N–H and O–H groups in total. The Morgan fingerprint density at radius 3 is 2.61 bits per heavy atom. The number of benzene rings is 1. The van der Waals surface area contributed by atoms with Gasteiger partial charge in [0.2, 0.25) is 5.89 Å². The lowest BCUT2D eigenvalue weighted by atomic mass is 9.74. The smallest absolute Gasteiger partial charge is 0.237 e. The molecule has 23 heavy (non-hydrogen) atoms. The highest BCUT2D eigenvalue weighted by Crippen LogP contribution is 2.40. The van der Waals surface area contributed by atoms with E-state index in [-0.39, 0.29) is 5.41 Å². The van der Waals surface area contributed by atoms with Crippen LogP contribution in [0.2, 0.25) is 0 Å². The van der Waals surface area contributed by atoms with Crippen LogP contribution in [-0.4, -0.2) is 36.4 Å². The average molecular weight is 380 g/mol. The van der Waals surface area contributed by atoms with Gasteiger partial charge >= 0.3 is 0 Å². The summed E-state index contributed by atoms with van der Waals surface area (Å²) in [7, 11) is 1.94. The fraction of sp³-hybridized carbons (Fsp3) is 0.529. The molecule has 0 saturated carbocycles. The van der Waals surface area contributed by atoms with Crippen LogP contribution in [0.4, 0.5) is 0 Å². The highest BCUT2D eigenvalue weighted by Gasteiger charge is 2.41. The molecule has 2 aromatic rings. The Balaban J connectivity index is 1.94. The van der Waals surface area contributed by atoms with Crippen molar-refractivity contribution in [3.63, 3.8) is 0 Å². The van der Waals surface area contributed by atoms with Crippen molar-refractivity contribution in [2.45, 2.75) is 37.6 Å². The van der Waals surface area contributed by atoms with E-state index in [2.05, 4.69) is 57.6 Å². The SMILES string of the molecule is CNC(C)Cc1noc(C2(c3ccc(Br)cc3)CCOCC2)n1. The Labute approximate surface area is 144 Å². The second-order valence-electron chi connectivity index (χ2n) is 6.11. The average Bonchev–Trinajstić information content (AvgIpc) is 3.05. The van der Waals surface area contributed by atoms with Gasteiger partial charge in [-0.05, 0) is 44.5 Å². The Hall–Kier alpha value is -1.24. The quantitative estimate of drug-likeness (QED) is 0.864. The highest BCUT2D eigenvalue weighted by molar-refractivity contribution is 9.10. The minimum atomic E-state index is -0.243. The molecule has 0 spiro atoms. The summed E-state index contributed by atoms with van der Waals surface area (Å²) in [4.78, 5) is 4.71. The molecule has 3 rings (SSSR count). The second-order valence-corrected chi connectivity index (χ2v) is 7.03. The molecule has 0 bridgehead atoms. The van der Waals surface area contributed by atoms with E-state index in [9.17, 15) is 0 Å². The van der Waals surface area contributed by atoms with Crippen LogP contribution in [-0.2, 0) is 16.6 Å². The standard InChI is InChI=1S/C17H22BrN3O2/c1-12(19-2)11-15-20-16(23-21-15)17(7-9-22-10-8-17)13-3-5-14(18)6-4-13/h3-6,12,19H,7-11H2,1-2H3. The van der Waals surface area contributed by atoms with Crippen LogP contribution in [0, 0.1) is 0 Å². The lowest BCUT2D eigenvalue weighted by Crippen LogP contribution is -2.35. The highest BCUT2D eigenvalue weighted by atomic mass is 79.9. The van der Waals surface area contributed by atoms with Gasteiger partial charge in [0.25, 0.3) is 0 Å². The van der Waals surface area contributed by atoms with Crippen LogP contribution in [0.3, 0.4) is 0 Å². The third kappa shape index (κ3) is 3.49. The predicted octanol–water partition coefficient (Wildman–Crippen LogP) is 3.08. The number of rotatable bonds is 5. The van der Waals surface area contributed by atoms with E-state index < -0.39 is 0 Å². The zero-order valence-corrected chi connectivity index (χ0v) is 15.1. The van der Waals surface area contributed by atoms with Crippen molar-refractivity contribution in [3.05, 3.63) is 46.0 Å². The number of halogens is 1. The van der Waals surface area contributed by atoms with Crippen molar-refractivity contribution < 1.29 is 9.26 Å². The Morgan fingerprint density at radius 1 is 1.26 bits per heavy atom. The Bertz CT molecular complexity index is 636. The minimum absolute atomic E-state index is 0.243. The zero-order chi connectivity index (χ0) is 16.3. The number of likely N-dealkylation sites (N-methyl/N-ethyl adjacent to an activating group) is 1. The molecule has 1 unspecified atom stereocenters. The number of nitrogens with one attached hydrogen (secondary N) is 1. The summed E-state index contributed by atoms with van der Waals surface area (Å²) in [5, 5.41) is 7.39. The van der Waals surface area contributed by atoms with Crippen molar-refractivity contribution in [3.8, 4) is 0 Å². The van der Waals surface area contributed by atoms with E-state index in [0.717, 1.165) is 29.6 Å². The fourth-order valence-corrected chi connectivity index (χ4v) is 3.29. The van der Waals surface area contributed by atoms with E-state index in [4.69, 9.17) is 14.2 Å².